The molecule has 1 saturated heterocycles. The second-order valence-corrected chi connectivity index (χ2v) is 6.77. The third-order valence-electron chi connectivity index (χ3n) is 4.75. The number of carbonyl (C=O) groups is 1. The number of hydrogen-bond acceptors (Lipinski definition) is 6. The number of nitrogens with one attached hydrogen (secondary N) is 2. The van der Waals surface area contributed by atoms with Gasteiger partial charge in [-0.15, -0.1) is 0 Å². The lowest BCUT2D eigenvalue weighted by atomic mass is 10.1. The lowest BCUT2D eigenvalue weighted by Crippen LogP contribution is -2.29. The van der Waals surface area contributed by atoms with Gasteiger partial charge in [-0.2, -0.15) is 0 Å². The van der Waals surface area contributed by atoms with Crippen LogP contribution < -0.4 is 15.5 Å². The third-order valence-corrected chi connectivity index (χ3v) is 4.75. The number of amides is 1. The molecule has 0 spiro atoms. The van der Waals surface area contributed by atoms with Gasteiger partial charge in [0.25, 0.3) is 5.91 Å². The molecule has 1 aromatic carbocycles. The highest BCUT2D eigenvalue weighted by molar-refractivity contribution is 6.02. The van der Waals surface area contributed by atoms with Gasteiger partial charge in [0, 0.05) is 24.5 Å². The van der Waals surface area contributed by atoms with E-state index in [0.29, 0.717) is 12.4 Å². The molecule has 2 N–H and O–H groups in total. The molecule has 1 aliphatic heterocycles. The molecule has 3 aromatic rings. The Labute approximate surface area is 163 Å². The van der Waals surface area contributed by atoms with E-state index < -0.39 is 0 Å². The summed E-state index contributed by atoms with van der Waals surface area (Å²) in [6.45, 7) is 2.71. The molecular formula is C21H23N5O2. The fourth-order valence-electron chi connectivity index (χ4n) is 3.23. The maximum atomic E-state index is 12.4. The third kappa shape index (κ3) is 4.49. The van der Waals surface area contributed by atoms with E-state index in [2.05, 4.69) is 25.5 Å². The predicted octanol–water partition coefficient (Wildman–Crippen LogP) is 3.92. The van der Waals surface area contributed by atoms with Crippen LogP contribution in [0.2, 0.25) is 0 Å². The topological polar surface area (TPSA) is 83.3 Å². The quantitative estimate of drug-likeness (QED) is 0.677. The van der Waals surface area contributed by atoms with Crippen molar-refractivity contribution in [3.8, 4) is 0 Å². The van der Waals surface area contributed by atoms with Crippen LogP contribution in [0.25, 0.3) is 0 Å². The fourth-order valence-corrected chi connectivity index (χ4v) is 3.23. The molecule has 0 bridgehead atoms. The highest BCUT2D eigenvalue weighted by Crippen LogP contribution is 2.22. The molecule has 1 fully saturated rings. The Kier molecular flexibility index (Phi) is 5.51. The van der Waals surface area contributed by atoms with Crippen LogP contribution in [0.1, 0.15) is 35.5 Å². The van der Waals surface area contributed by atoms with E-state index >= 15 is 0 Å². The molecule has 0 aliphatic carbocycles. The Morgan fingerprint density at radius 1 is 1.04 bits per heavy atom. The molecular weight excluding hydrogens is 354 g/mol. The summed E-state index contributed by atoms with van der Waals surface area (Å²) in [6, 6.07) is 11.7. The number of benzene rings is 1. The van der Waals surface area contributed by atoms with Crippen molar-refractivity contribution in [1.29, 1.82) is 0 Å². The Bertz CT molecular complexity index is 886. The summed E-state index contributed by atoms with van der Waals surface area (Å²) < 4.78 is 5.25. The first kappa shape index (κ1) is 18.0. The number of hydrogen-bond donors (Lipinski definition) is 2. The van der Waals surface area contributed by atoms with E-state index in [-0.39, 0.29) is 11.6 Å². The number of nitrogens with zero attached hydrogens (tertiary/aromatic N) is 3. The van der Waals surface area contributed by atoms with Crippen molar-refractivity contribution in [1.82, 2.24) is 9.97 Å². The summed E-state index contributed by atoms with van der Waals surface area (Å²) in [4.78, 5) is 23.2. The molecule has 7 heteroatoms. The van der Waals surface area contributed by atoms with E-state index in [1.807, 2.05) is 36.4 Å². The molecule has 1 amide bonds. The zero-order valence-electron chi connectivity index (χ0n) is 15.6. The van der Waals surface area contributed by atoms with Gasteiger partial charge in [0.15, 0.2) is 0 Å². The van der Waals surface area contributed by atoms with Gasteiger partial charge < -0.3 is 20.0 Å². The van der Waals surface area contributed by atoms with Gasteiger partial charge in [0.05, 0.1) is 25.2 Å². The lowest BCUT2D eigenvalue weighted by Gasteiger charge is -2.28. The summed E-state index contributed by atoms with van der Waals surface area (Å²) in [7, 11) is 0. The molecule has 0 saturated carbocycles. The molecule has 1 aliphatic rings. The number of carbonyl (C=O) groups excluding carboxylic acids is 1. The van der Waals surface area contributed by atoms with Crippen molar-refractivity contribution in [3.63, 3.8) is 0 Å². The molecule has 0 atom stereocenters. The fraction of sp³-hybridized carbons (Fsp3) is 0.286. The standard InChI is InChI=1S/C21H23N5O2/c27-21(19-14-24-20(15-22-19)23-13-18-5-4-12-28-18)25-16-6-8-17(9-7-16)26-10-2-1-3-11-26/h4-9,12,14-15H,1-3,10-11,13H2,(H,23,24)(H,25,27). The number of rotatable bonds is 6. The number of furan rings is 1. The van der Waals surface area contributed by atoms with Gasteiger partial charge in [-0.05, 0) is 55.7 Å². The molecule has 3 heterocycles. The van der Waals surface area contributed by atoms with Crippen LogP contribution in [0.4, 0.5) is 17.2 Å². The smallest absolute Gasteiger partial charge is 0.275 e. The molecule has 0 radical (unpaired) electrons. The van der Waals surface area contributed by atoms with Crippen molar-refractivity contribution in [3.05, 3.63) is 66.5 Å². The molecule has 0 unspecified atom stereocenters. The number of anilines is 3. The van der Waals surface area contributed by atoms with E-state index in [9.17, 15) is 4.79 Å². The molecule has 7 nitrogen and oxygen atoms in total. The summed E-state index contributed by atoms with van der Waals surface area (Å²) in [5, 5.41) is 5.96. The van der Waals surface area contributed by atoms with Gasteiger partial charge in [-0.1, -0.05) is 0 Å². The Hall–Kier alpha value is -3.35. The van der Waals surface area contributed by atoms with Crippen molar-refractivity contribution in [2.24, 2.45) is 0 Å². The van der Waals surface area contributed by atoms with Crippen LogP contribution >= 0.6 is 0 Å². The van der Waals surface area contributed by atoms with E-state index in [1.54, 1.807) is 6.26 Å². The van der Waals surface area contributed by atoms with Crippen molar-refractivity contribution in [2.45, 2.75) is 25.8 Å². The molecule has 144 valence electrons. The van der Waals surface area contributed by atoms with Gasteiger partial charge in [-0.3, -0.25) is 4.79 Å². The van der Waals surface area contributed by atoms with Crippen LogP contribution in [-0.4, -0.2) is 29.0 Å². The average Bonchev–Trinajstić information content (AvgIpc) is 3.27. The SMILES string of the molecule is O=C(Nc1ccc(N2CCCCC2)cc1)c1cnc(NCc2ccco2)cn1. The minimum absolute atomic E-state index is 0.267. The summed E-state index contributed by atoms with van der Waals surface area (Å²) in [5.74, 6) is 1.10. The Balaban J connectivity index is 1.32. The first-order valence-corrected chi connectivity index (χ1v) is 9.52. The Morgan fingerprint density at radius 2 is 1.86 bits per heavy atom. The first-order chi connectivity index (χ1) is 13.8. The van der Waals surface area contributed by atoms with Crippen LogP contribution in [0.3, 0.4) is 0 Å². The zero-order valence-corrected chi connectivity index (χ0v) is 15.6. The highest BCUT2D eigenvalue weighted by Gasteiger charge is 2.12. The number of aromatic nitrogens is 2. The van der Waals surface area contributed by atoms with Crippen LogP contribution in [0.5, 0.6) is 0 Å². The van der Waals surface area contributed by atoms with E-state index in [4.69, 9.17) is 4.42 Å². The van der Waals surface area contributed by atoms with Crippen molar-refractivity contribution >= 4 is 23.1 Å². The normalized spacial score (nSPS) is 13.9. The van der Waals surface area contributed by atoms with Gasteiger partial charge in [0.2, 0.25) is 0 Å². The summed E-state index contributed by atoms with van der Waals surface area (Å²) in [6.07, 6.45) is 8.41. The second-order valence-electron chi connectivity index (χ2n) is 6.77. The molecule has 28 heavy (non-hydrogen) atoms. The summed E-state index contributed by atoms with van der Waals surface area (Å²) in [5.41, 5.74) is 2.21. The monoisotopic (exact) mass is 377 g/mol. The second kappa shape index (κ2) is 8.56. The highest BCUT2D eigenvalue weighted by atomic mass is 16.3. The van der Waals surface area contributed by atoms with Gasteiger partial charge in [-0.25, -0.2) is 9.97 Å². The first-order valence-electron chi connectivity index (χ1n) is 9.52. The average molecular weight is 377 g/mol. The zero-order chi connectivity index (χ0) is 19.2. The maximum Gasteiger partial charge on any atom is 0.275 e. The molecule has 4 rings (SSSR count). The minimum Gasteiger partial charge on any atom is -0.467 e. The van der Waals surface area contributed by atoms with Crippen molar-refractivity contribution in [2.75, 3.05) is 28.6 Å². The van der Waals surface area contributed by atoms with Gasteiger partial charge >= 0.3 is 0 Å². The van der Waals surface area contributed by atoms with E-state index in [0.717, 1.165) is 24.5 Å². The minimum atomic E-state index is -0.282. The van der Waals surface area contributed by atoms with E-state index in [1.165, 1.54) is 37.3 Å². The lowest BCUT2D eigenvalue weighted by molar-refractivity contribution is 0.102. The number of piperidine rings is 1. The van der Waals surface area contributed by atoms with Crippen LogP contribution in [0, 0.1) is 0 Å². The summed E-state index contributed by atoms with van der Waals surface area (Å²) >= 11 is 0. The van der Waals surface area contributed by atoms with Crippen LogP contribution in [0.15, 0.2) is 59.5 Å². The van der Waals surface area contributed by atoms with Gasteiger partial charge in [0.1, 0.15) is 17.3 Å². The largest absolute Gasteiger partial charge is 0.467 e. The van der Waals surface area contributed by atoms with Crippen molar-refractivity contribution < 1.29 is 9.21 Å². The maximum absolute atomic E-state index is 12.4. The molecule has 2 aromatic heterocycles. The predicted molar refractivity (Wildman–Crippen MR) is 109 cm³/mol. The Morgan fingerprint density at radius 3 is 2.54 bits per heavy atom. The van der Waals surface area contributed by atoms with Crippen LogP contribution in [-0.2, 0) is 6.54 Å².